The smallest absolute Gasteiger partial charge is 0.274 e. The third kappa shape index (κ3) is 4.06. The molecule has 152 valence electrons. The van der Waals surface area contributed by atoms with E-state index in [1.54, 1.807) is 17.2 Å². The van der Waals surface area contributed by atoms with E-state index in [0.29, 0.717) is 18.7 Å². The van der Waals surface area contributed by atoms with Gasteiger partial charge in [0.1, 0.15) is 11.5 Å². The molecule has 0 aliphatic heterocycles. The number of amides is 1. The van der Waals surface area contributed by atoms with Crippen LogP contribution in [0, 0.1) is 5.82 Å². The zero-order chi connectivity index (χ0) is 20.9. The second-order valence-corrected chi connectivity index (χ2v) is 6.89. The second-order valence-electron chi connectivity index (χ2n) is 6.89. The van der Waals surface area contributed by atoms with E-state index in [-0.39, 0.29) is 30.6 Å². The average Bonchev–Trinajstić information content (AvgIpc) is 3.18. The highest BCUT2D eigenvalue weighted by Crippen LogP contribution is 2.22. The van der Waals surface area contributed by atoms with E-state index < -0.39 is 0 Å². The molecule has 2 heterocycles. The van der Waals surface area contributed by atoms with Gasteiger partial charge >= 0.3 is 0 Å². The topological polar surface area (TPSA) is 82.1 Å². The van der Waals surface area contributed by atoms with Gasteiger partial charge in [0, 0.05) is 48.1 Å². The maximum Gasteiger partial charge on any atom is 0.274 e. The predicted octanol–water partition coefficient (Wildman–Crippen LogP) is 3.44. The molecule has 2 N–H and O–H groups in total. The molecule has 1 amide bonds. The Labute approximate surface area is 173 Å². The molecule has 0 saturated carbocycles. The third-order valence-corrected chi connectivity index (χ3v) is 4.99. The number of rotatable bonds is 7. The van der Waals surface area contributed by atoms with Crippen LogP contribution in [0.3, 0.4) is 0 Å². The first-order valence-electron chi connectivity index (χ1n) is 9.69. The summed E-state index contributed by atoms with van der Waals surface area (Å²) in [5.74, 6) is -0.610. The molecule has 0 fully saturated rings. The summed E-state index contributed by atoms with van der Waals surface area (Å²) in [4.78, 5) is 26.5. The molecule has 0 atom stereocenters. The number of hydrogen-bond acceptors (Lipinski definition) is 4. The van der Waals surface area contributed by atoms with Gasteiger partial charge in [0.25, 0.3) is 5.91 Å². The molecular weight excluding hydrogens is 383 g/mol. The fourth-order valence-corrected chi connectivity index (χ4v) is 3.50. The monoisotopic (exact) mass is 404 g/mol. The molecule has 7 heteroatoms. The first-order chi connectivity index (χ1) is 14.7. The Bertz CT molecular complexity index is 1160. The maximum absolute atomic E-state index is 13.6. The van der Waals surface area contributed by atoms with Crippen LogP contribution in [-0.4, -0.2) is 50.6 Å². The van der Waals surface area contributed by atoms with E-state index in [1.165, 1.54) is 18.3 Å². The molecule has 6 nitrogen and oxygen atoms in total. The molecular formula is C23H21FN4O2. The van der Waals surface area contributed by atoms with E-state index in [1.807, 2.05) is 36.5 Å². The van der Waals surface area contributed by atoms with E-state index in [4.69, 9.17) is 0 Å². The van der Waals surface area contributed by atoms with Gasteiger partial charge in [-0.1, -0.05) is 30.3 Å². The fraction of sp³-hybridized carbons (Fsp3) is 0.174. The van der Waals surface area contributed by atoms with Crippen molar-refractivity contribution >= 4 is 16.8 Å². The van der Waals surface area contributed by atoms with Crippen molar-refractivity contribution in [3.8, 4) is 11.3 Å². The van der Waals surface area contributed by atoms with Crippen molar-refractivity contribution in [2.24, 2.45) is 0 Å². The highest BCUT2D eigenvalue weighted by atomic mass is 19.1. The summed E-state index contributed by atoms with van der Waals surface area (Å²) in [6.45, 7) is 0.350. The summed E-state index contributed by atoms with van der Waals surface area (Å²) >= 11 is 0. The Hall–Kier alpha value is -3.58. The lowest BCUT2D eigenvalue weighted by molar-refractivity contribution is 0.0718. The number of aliphatic hydroxyl groups is 1. The molecule has 0 aliphatic carbocycles. The molecule has 2 aromatic heterocycles. The summed E-state index contributed by atoms with van der Waals surface area (Å²) < 4.78 is 13.6. The Morgan fingerprint density at radius 3 is 2.67 bits per heavy atom. The van der Waals surface area contributed by atoms with Crippen LogP contribution in [-0.2, 0) is 6.42 Å². The first kappa shape index (κ1) is 19.7. The van der Waals surface area contributed by atoms with E-state index in [2.05, 4.69) is 15.0 Å². The molecule has 0 spiro atoms. The highest BCUT2D eigenvalue weighted by molar-refractivity contribution is 5.98. The maximum atomic E-state index is 13.6. The first-order valence-corrected chi connectivity index (χ1v) is 9.69. The van der Waals surface area contributed by atoms with Crippen molar-refractivity contribution in [1.29, 1.82) is 0 Å². The number of nitrogens with one attached hydrogen (secondary N) is 1. The van der Waals surface area contributed by atoms with Crippen LogP contribution in [0.2, 0.25) is 0 Å². The van der Waals surface area contributed by atoms with Gasteiger partial charge < -0.3 is 15.0 Å². The lowest BCUT2D eigenvalue weighted by Crippen LogP contribution is -2.36. The number of carbonyl (C=O) groups is 1. The van der Waals surface area contributed by atoms with E-state index >= 15 is 0 Å². The molecule has 4 rings (SSSR count). The SMILES string of the molecule is O=C(c1nccnc1-c1ccccc1)N(CCO)CCc1c[nH]c2ccc(F)cc12. The van der Waals surface area contributed by atoms with Gasteiger partial charge in [-0.25, -0.2) is 9.37 Å². The number of carbonyl (C=O) groups excluding carboxylic acids is 1. The van der Waals surface area contributed by atoms with Crippen LogP contribution in [0.4, 0.5) is 4.39 Å². The highest BCUT2D eigenvalue weighted by Gasteiger charge is 2.22. The number of benzene rings is 2. The van der Waals surface area contributed by atoms with Gasteiger partial charge in [-0.15, -0.1) is 0 Å². The van der Waals surface area contributed by atoms with Gasteiger partial charge in [0.15, 0.2) is 5.69 Å². The summed E-state index contributed by atoms with van der Waals surface area (Å²) in [6.07, 6.45) is 5.37. The number of halogens is 1. The number of aromatic nitrogens is 3. The number of hydrogen-bond donors (Lipinski definition) is 2. The zero-order valence-electron chi connectivity index (χ0n) is 16.3. The van der Waals surface area contributed by atoms with Crippen molar-refractivity contribution in [2.45, 2.75) is 6.42 Å². The van der Waals surface area contributed by atoms with Gasteiger partial charge in [-0.3, -0.25) is 9.78 Å². The van der Waals surface area contributed by atoms with E-state index in [0.717, 1.165) is 22.0 Å². The largest absolute Gasteiger partial charge is 0.395 e. The summed E-state index contributed by atoms with van der Waals surface area (Å²) in [5, 5.41) is 10.3. The summed E-state index contributed by atoms with van der Waals surface area (Å²) in [7, 11) is 0. The third-order valence-electron chi connectivity index (χ3n) is 4.99. The minimum atomic E-state index is -0.307. The van der Waals surface area contributed by atoms with Gasteiger partial charge in [0.05, 0.1) is 6.61 Å². The van der Waals surface area contributed by atoms with Gasteiger partial charge in [-0.2, -0.15) is 0 Å². The molecule has 2 aromatic carbocycles. The van der Waals surface area contributed by atoms with Crippen molar-refractivity contribution in [3.63, 3.8) is 0 Å². The summed E-state index contributed by atoms with van der Waals surface area (Å²) in [6, 6.07) is 14.0. The van der Waals surface area contributed by atoms with Crippen molar-refractivity contribution in [3.05, 3.63) is 84.2 Å². The lowest BCUT2D eigenvalue weighted by atomic mass is 10.1. The van der Waals surface area contributed by atoms with Crippen LogP contribution < -0.4 is 0 Å². The van der Waals surface area contributed by atoms with Crippen LogP contribution in [0.1, 0.15) is 16.1 Å². The Morgan fingerprint density at radius 2 is 1.87 bits per heavy atom. The van der Waals surface area contributed by atoms with Gasteiger partial charge in [0.2, 0.25) is 0 Å². The number of nitrogens with zero attached hydrogens (tertiary/aromatic N) is 3. The Balaban J connectivity index is 1.59. The van der Waals surface area contributed by atoms with Crippen molar-refractivity contribution < 1.29 is 14.3 Å². The molecule has 0 unspecified atom stereocenters. The molecule has 0 saturated heterocycles. The Kier molecular flexibility index (Phi) is 5.81. The van der Waals surface area contributed by atoms with Crippen LogP contribution in [0.25, 0.3) is 22.2 Å². The van der Waals surface area contributed by atoms with Crippen molar-refractivity contribution in [2.75, 3.05) is 19.7 Å². The van der Waals surface area contributed by atoms with Crippen LogP contribution in [0.5, 0.6) is 0 Å². The quantitative estimate of drug-likeness (QED) is 0.494. The lowest BCUT2D eigenvalue weighted by Gasteiger charge is -2.22. The number of fused-ring (bicyclic) bond motifs is 1. The standard InChI is InChI=1S/C23H21FN4O2/c24-18-6-7-20-19(14-18)17(15-27-20)8-11-28(12-13-29)23(30)22-21(25-9-10-26-22)16-4-2-1-3-5-16/h1-7,9-10,14-15,27,29H,8,11-13H2. The van der Waals surface area contributed by atoms with E-state index in [9.17, 15) is 14.3 Å². The fourth-order valence-electron chi connectivity index (χ4n) is 3.50. The number of aromatic amines is 1. The molecule has 30 heavy (non-hydrogen) atoms. The molecule has 4 aromatic rings. The summed E-state index contributed by atoms with van der Waals surface area (Å²) in [5.41, 5.74) is 3.28. The number of H-pyrrole nitrogens is 1. The van der Waals surface area contributed by atoms with Gasteiger partial charge in [-0.05, 0) is 30.2 Å². The van der Waals surface area contributed by atoms with Crippen LogP contribution in [0.15, 0.2) is 67.1 Å². The molecule has 0 radical (unpaired) electrons. The number of aliphatic hydroxyl groups excluding tert-OH is 1. The second kappa shape index (κ2) is 8.84. The minimum absolute atomic E-state index is 0.167. The van der Waals surface area contributed by atoms with Crippen LogP contribution >= 0.6 is 0 Å². The zero-order valence-corrected chi connectivity index (χ0v) is 16.3. The predicted molar refractivity (Wildman–Crippen MR) is 112 cm³/mol. The van der Waals surface area contributed by atoms with Crippen molar-refractivity contribution in [1.82, 2.24) is 19.9 Å². The molecule has 0 bridgehead atoms. The Morgan fingerprint density at radius 1 is 1.07 bits per heavy atom. The normalized spacial score (nSPS) is 11.0. The molecule has 0 aliphatic rings. The average molecular weight is 404 g/mol. The minimum Gasteiger partial charge on any atom is -0.395 e.